The van der Waals surface area contributed by atoms with Crippen molar-refractivity contribution in [3.8, 4) is 0 Å². The lowest BCUT2D eigenvalue weighted by molar-refractivity contribution is -0.130. The van der Waals surface area contributed by atoms with Crippen LogP contribution in [0.2, 0.25) is 0 Å². The van der Waals surface area contributed by atoms with E-state index < -0.39 is 12.1 Å². The van der Waals surface area contributed by atoms with E-state index in [1.165, 1.54) is 6.20 Å². The second-order valence-electron chi connectivity index (χ2n) is 5.19. The van der Waals surface area contributed by atoms with Gasteiger partial charge in [0.1, 0.15) is 5.69 Å². The van der Waals surface area contributed by atoms with Gasteiger partial charge in [-0.3, -0.25) is 4.79 Å². The van der Waals surface area contributed by atoms with Crippen molar-refractivity contribution in [3.05, 3.63) is 66.0 Å². The van der Waals surface area contributed by atoms with Crippen LogP contribution in [0.5, 0.6) is 0 Å². The number of hydrogen-bond donors (Lipinski definition) is 1. The number of aromatic nitrogens is 1. The molecule has 3 rings (SSSR count). The first-order valence-electron chi connectivity index (χ1n) is 7.21. The Morgan fingerprint density at radius 2 is 1.82 bits per heavy atom. The van der Waals surface area contributed by atoms with Crippen LogP contribution < -0.4 is 5.32 Å². The number of nitrogens with one attached hydrogen (secondary N) is 1. The van der Waals surface area contributed by atoms with E-state index in [-0.39, 0.29) is 17.6 Å². The van der Waals surface area contributed by atoms with Gasteiger partial charge in [0.05, 0.1) is 0 Å². The van der Waals surface area contributed by atoms with Gasteiger partial charge in [0.2, 0.25) is 6.10 Å². The number of nitrogens with zero attached hydrogens (tertiary/aromatic N) is 1. The van der Waals surface area contributed by atoms with E-state index in [2.05, 4.69) is 10.3 Å². The summed E-state index contributed by atoms with van der Waals surface area (Å²) in [6.07, 6.45) is 2.50. The first-order valence-corrected chi connectivity index (χ1v) is 7.21. The van der Waals surface area contributed by atoms with E-state index in [0.717, 1.165) is 12.8 Å². The molecule has 1 heterocycles. The van der Waals surface area contributed by atoms with Crippen molar-refractivity contribution in [1.29, 1.82) is 0 Å². The quantitative estimate of drug-likeness (QED) is 0.859. The van der Waals surface area contributed by atoms with Crippen molar-refractivity contribution >= 4 is 11.9 Å². The highest BCUT2D eigenvalue weighted by atomic mass is 16.5. The molecule has 0 spiro atoms. The maximum atomic E-state index is 12.4. The highest BCUT2D eigenvalue weighted by Gasteiger charge is 2.31. The Labute approximate surface area is 128 Å². The predicted molar refractivity (Wildman–Crippen MR) is 80.0 cm³/mol. The first-order chi connectivity index (χ1) is 10.7. The summed E-state index contributed by atoms with van der Waals surface area (Å²) < 4.78 is 5.40. The molecule has 5 nitrogen and oxygen atoms in total. The number of amides is 1. The fourth-order valence-electron chi connectivity index (χ4n) is 2.06. The number of hydrogen-bond acceptors (Lipinski definition) is 4. The largest absolute Gasteiger partial charge is 0.443 e. The number of carbonyl (C=O) groups is 2. The van der Waals surface area contributed by atoms with Crippen molar-refractivity contribution in [2.24, 2.45) is 0 Å². The van der Waals surface area contributed by atoms with Crippen LogP contribution in [0.15, 0.2) is 54.7 Å². The molecule has 0 unspecified atom stereocenters. The van der Waals surface area contributed by atoms with Crippen LogP contribution in [0, 0.1) is 0 Å². The molecule has 0 aliphatic heterocycles. The minimum Gasteiger partial charge on any atom is -0.443 e. The standard InChI is InChI=1S/C17H16N2O3/c20-16(19-13-9-10-13)15(12-6-2-1-3-7-12)22-17(21)14-8-4-5-11-18-14/h1-8,11,13,15H,9-10H2,(H,19,20)/t15-/m1/s1. The molecule has 1 aliphatic carbocycles. The molecule has 1 aliphatic rings. The topological polar surface area (TPSA) is 68.3 Å². The van der Waals surface area contributed by atoms with Crippen LogP contribution >= 0.6 is 0 Å². The van der Waals surface area contributed by atoms with Gasteiger partial charge in [-0.05, 0) is 25.0 Å². The zero-order chi connectivity index (χ0) is 15.4. The fraction of sp³-hybridized carbons (Fsp3) is 0.235. The van der Waals surface area contributed by atoms with Crippen molar-refractivity contribution < 1.29 is 14.3 Å². The number of esters is 1. The summed E-state index contributed by atoms with van der Waals surface area (Å²) in [5.41, 5.74) is 0.826. The average molecular weight is 296 g/mol. The van der Waals surface area contributed by atoms with E-state index in [4.69, 9.17) is 4.74 Å². The summed E-state index contributed by atoms with van der Waals surface area (Å²) in [4.78, 5) is 28.5. The minimum absolute atomic E-state index is 0.183. The molecule has 112 valence electrons. The lowest BCUT2D eigenvalue weighted by Gasteiger charge is -2.17. The molecule has 5 heteroatoms. The zero-order valence-corrected chi connectivity index (χ0v) is 11.9. The van der Waals surface area contributed by atoms with E-state index >= 15 is 0 Å². The van der Waals surface area contributed by atoms with Gasteiger partial charge in [0, 0.05) is 17.8 Å². The van der Waals surface area contributed by atoms with Crippen molar-refractivity contribution in [2.45, 2.75) is 25.0 Å². The zero-order valence-electron chi connectivity index (χ0n) is 11.9. The highest BCUT2D eigenvalue weighted by Crippen LogP contribution is 2.23. The van der Waals surface area contributed by atoms with E-state index in [0.29, 0.717) is 5.56 Å². The summed E-state index contributed by atoms with van der Waals surface area (Å²) in [5.74, 6) is -0.904. The number of ether oxygens (including phenoxy) is 1. The van der Waals surface area contributed by atoms with Crippen molar-refractivity contribution in [3.63, 3.8) is 0 Å². The summed E-state index contributed by atoms with van der Waals surface area (Å²) in [5, 5.41) is 2.87. The Morgan fingerprint density at radius 1 is 1.09 bits per heavy atom. The van der Waals surface area contributed by atoms with Gasteiger partial charge in [0.15, 0.2) is 0 Å². The molecule has 0 saturated heterocycles. The van der Waals surface area contributed by atoms with E-state index in [1.807, 2.05) is 6.07 Å². The van der Waals surface area contributed by atoms with Crippen LogP contribution in [0.3, 0.4) is 0 Å². The van der Waals surface area contributed by atoms with Gasteiger partial charge in [0.25, 0.3) is 5.91 Å². The number of carbonyl (C=O) groups excluding carboxylic acids is 2. The summed E-state index contributed by atoms with van der Waals surface area (Å²) >= 11 is 0. The summed E-state index contributed by atoms with van der Waals surface area (Å²) in [6.45, 7) is 0. The third kappa shape index (κ3) is 3.49. The molecule has 1 amide bonds. The van der Waals surface area contributed by atoms with Crippen LogP contribution in [-0.4, -0.2) is 22.9 Å². The molecule has 1 atom stereocenters. The Hall–Kier alpha value is -2.69. The monoisotopic (exact) mass is 296 g/mol. The smallest absolute Gasteiger partial charge is 0.358 e. The maximum absolute atomic E-state index is 12.4. The molecular formula is C17H16N2O3. The third-order valence-corrected chi connectivity index (χ3v) is 3.36. The van der Waals surface area contributed by atoms with Gasteiger partial charge in [-0.15, -0.1) is 0 Å². The molecule has 0 bridgehead atoms. The number of pyridine rings is 1. The SMILES string of the molecule is O=C(O[C@@H](C(=O)NC1CC1)c1ccccc1)c1ccccn1. The average Bonchev–Trinajstić information content (AvgIpc) is 3.38. The normalized spacial score (nSPS) is 14.9. The Kier molecular flexibility index (Phi) is 4.14. The Bertz CT molecular complexity index is 654. The molecule has 1 aromatic carbocycles. The molecule has 22 heavy (non-hydrogen) atoms. The van der Waals surface area contributed by atoms with Gasteiger partial charge in [-0.1, -0.05) is 36.4 Å². The van der Waals surface area contributed by atoms with Gasteiger partial charge >= 0.3 is 5.97 Å². The van der Waals surface area contributed by atoms with Crippen molar-refractivity contribution in [1.82, 2.24) is 10.3 Å². The summed E-state index contributed by atoms with van der Waals surface area (Å²) in [7, 11) is 0. The van der Waals surface area contributed by atoms with Gasteiger partial charge in [-0.2, -0.15) is 0 Å². The predicted octanol–water partition coefficient (Wildman–Crippen LogP) is 2.26. The Balaban J connectivity index is 1.79. The first kappa shape index (κ1) is 14.3. The molecule has 2 aromatic rings. The molecule has 1 saturated carbocycles. The van der Waals surface area contributed by atoms with E-state index in [9.17, 15) is 9.59 Å². The lowest BCUT2D eigenvalue weighted by atomic mass is 10.1. The molecule has 1 fully saturated rings. The molecule has 0 radical (unpaired) electrons. The van der Waals surface area contributed by atoms with Gasteiger partial charge in [-0.25, -0.2) is 9.78 Å². The van der Waals surface area contributed by atoms with Crippen LogP contribution in [-0.2, 0) is 9.53 Å². The van der Waals surface area contributed by atoms with Crippen LogP contribution in [0.1, 0.15) is 35.0 Å². The molecular weight excluding hydrogens is 280 g/mol. The van der Waals surface area contributed by atoms with E-state index in [1.54, 1.807) is 42.5 Å². The van der Waals surface area contributed by atoms with Crippen LogP contribution in [0.25, 0.3) is 0 Å². The summed E-state index contributed by atoms with van der Waals surface area (Å²) in [6, 6.07) is 14.2. The number of rotatable bonds is 5. The maximum Gasteiger partial charge on any atom is 0.358 e. The fourth-order valence-corrected chi connectivity index (χ4v) is 2.06. The second kappa shape index (κ2) is 6.39. The lowest BCUT2D eigenvalue weighted by Crippen LogP contribution is -2.33. The molecule has 1 aromatic heterocycles. The second-order valence-corrected chi connectivity index (χ2v) is 5.19. The van der Waals surface area contributed by atoms with Crippen LogP contribution in [0.4, 0.5) is 0 Å². The van der Waals surface area contributed by atoms with Gasteiger partial charge < -0.3 is 10.1 Å². The Morgan fingerprint density at radius 3 is 2.45 bits per heavy atom. The van der Waals surface area contributed by atoms with Crippen molar-refractivity contribution in [2.75, 3.05) is 0 Å². The third-order valence-electron chi connectivity index (χ3n) is 3.36. The minimum atomic E-state index is -0.962. The highest BCUT2D eigenvalue weighted by molar-refractivity contribution is 5.91. The number of benzene rings is 1. The molecule has 1 N–H and O–H groups in total.